The Morgan fingerprint density at radius 3 is 1.08 bits per heavy atom. The van der Waals surface area contributed by atoms with E-state index in [0.717, 1.165) is 19.3 Å². The molecule has 0 heterocycles. The SMILES string of the molecule is O=S(=O)(OS(C1CCCCC1)(C1CCCCC1)C1CCCCC1)C(F)(F)C(F)(F)C(F)(F)C(F)(F)F. The summed E-state index contributed by atoms with van der Waals surface area (Å²) in [5.74, 6) is -14.6. The molecule has 0 unspecified atom stereocenters. The van der Waals surface area contributed by atoms with Gasteiger partial charge in [-0.2, -0.15) is 47.9 Å². The van der Waals surface area contributed by atoms with Crippen LogP contribution in [0.4, 0.5) is 39.5 Å². The second-order valence-corrected chi connectivity index (χ2v) is 15.5. The molecule has 3 aliphatic carbocycles. The third-order valence-electron chi connectivity index (χ3n) is 7.86. The molecule has 3 nitrogen and oxygen atoms in total. The minimum Gasteiger partial charge on any atom is -0.214 e. The van der Waals surface area contributed by atoms with Gasteiger partial charge in [-0.05, 0) is 38.5 Å². The number of hydrogen-bond donors (Lipinski definition) is 0. The molecular formula is C22H33F9O3S2. The fourth-order valence-corrected chi connectivity index (χ4v) is 14.2. The standard InChI is InChI=1S/C22H33F9O3S2/c23-19(24,21(27,28)29)20(25,26)22(30,31)36(32,33)34-35(16-10-4-1-5-11-16,17-12-6-2-7-13-17)18-14-8-3-9-15-18/h16-18H,1-15H2. The molecule has 0 aromatic carbocycles. The highest BCUT2D eigenvalue weighted by Gasteiger charge is 2.86. The van der Waals surface area contributed by atoms with Crippen LogP contribution in [0.25, 0.3) is 0 Å². The molecule has 36 heavy (non-hydrogen) atoms. The molecule has 0 amide bonds. The Kier molecular flexibility index (Phi) is 8.93. The van der Waals surface area contributed by atoms with Gasteiger partial charge in [0.05, 0.1) is 0 Å². The summed E-state index contributed by atoms with van der Waals surface area (Å²) in [4.78, 5) is 0. The van der Waals surface area contributed by atoms with Gasteiger partial charge in [-0.15, -0.1) is 10.3 Å². The van der Waals surface area contributed by atoms with Gasteiger partial charge in [0, 0.05) is 15.7 Å². The molecular weight excluding hydrogens is 547 g/mol. The molecule has 0 saturated heterocycles. The fourth-order valence-electron chi connectivity index (χ4n) is 6.00. The van der Waals surface area contributed by atoms with Crippen molar-refractivity contribution in [2.24, 2.45) is 0 Å². The summed E-state index contributed by atoms with van der Waals surface area (Å²) in [6.07, 6.45) is 1.65. The Balaban J connectivity index is 2.13. The lowest BCUT2D eigenvalue weighted by Crippen LogP contribution is -2.63. The quantitative estimate of drug-likeness (QED) is 0.271. The maximum atomic E-state index is 14.8. The Labute approximate surface area is 207 Å². The second-order valence-electron chi connectivity index (χ2n) is 10.2. The van der Waals surface area contributed by atoms with Gasteiger partial charge in [-0.25, -0.2) is 3.63 Å². The number of halogens is 9. The van der Waals surface area contributed by atoms with Gasteiger partial charge in [0.25, 0.3) is 0 Å². The van der Waals surface area contributed by atoms with Crippen molar-refractivity contribution in [2.45, 2.75) is 135 Å². The van der Waals surface area contributed by atoms with Gasteiger partial charge >= 0.3 is 33.4 Å². The van der Waals surface area contributed by atoms with E-state index in [0.29, 0.717) is 77.0 Å². The first-order valence-electron chi connectivity index (χ1n) is 12.5. The summed E-state index contributed by atoms with van der Waals surface area (Å²) in [6, 6.07) is 0. The van der Waals surface area contributed by atoms with E-state index in [1.54, 1.807) is 0 Å². The Bertz CT molecular complexity index is 798. The summed E-state index contributed by atoms with van der Waals surface area (Å²) in [7, 11) is -10.0. The lowest BCUT2D eigenvalue weighted by Gasteiger charge is -2.57. The van der Waals surface area contributed by atoms with Crippen molar-refractivity contribution < 1.29 is 51.6 Å². The van der Waals surface area contributed by atoms with E-state index in [1.807, 2.05) is 0 Å². The van der Waals surface area contributed by atoms with Crippen LogP contribution in [0.2, 0.25) is 0 Å². The van der Waals surface area contributed by atoms with Crippen LogP contribution in [-0.4, -0.2) is 47.4 Å². The van der Waals surface area contributed by atoms with Crippen LogP contribution in [0.1, 0.15) is 96.3 Å². The van der Waals surface area contributed by atoms with Gasteiger partial charge in [0.1, 0.15) is 0 Å². The summed E-state index contributed by atoms with van der Waals surface area (Å²) < 4.78 is 154. The van der Waals surface area contributed by atoms with Gasteiger partial charge < -0.3 is 0 Å². The largest absolute Gasteiger partial charge is 0.460 e. The second kappa shape index (κ2) is 10.7. The third-order valence-corrected chi connectivity index (χ3v) is 14.9. The molecule has 14 heteroatoms. The first kappa shape index (κ1) is 30.2. The van der Waals surface area contributed by atoms with Crippen molar-refractivity contribution in [2.75, 3.05) is 0 Å². The molecule has 0 aromatic heterocycles. The first-order chi connectivity index (χ1) is 16.5. The molecule has 3 saturated carbocycles. The van der Waals surface area contributed by atoms with Crippen molar-refractivity contribution >= 4 is 20.4 Å². The Morgan fingerprint density at radius 1 is 0.500 bits per heavy atom. The highest BCUT2D eigenvalue weighted by atomic mass is 32.3. The number of alkyl halides is 9. The lowest BCUT2D eigenvalue weighted by molar-refractivity contribution is -0.382. The van der Waals surface area contributed by atoms with Crippen molar-refractivity contribution in [1.82, 2.24) is 0 Å². The zero-order valence-corrected chi connectivity index (χ0v) is 21.4. The molecule has 0 bridgehead atoms. The zero-order chi connectivity index (χ0) is 27.0. The lowest BCUT2D eigenvalue weighted by atomic mass is 9.99. The maximum absolute atomic E-state index is 14.8. The van der Waals surface area contributed by atoms with E-state index in [9.17, 15) is 47.9 Å². The predicted octanol–water partition coefficient (Wildman–Crippen LogP) is 8.48. The van der Waals surface area contributed by atoms with Crippen LogP contribution in [-0.2, 0) is 13.7 Å². The minimum atomic E-state index is -7.29. The Hall–Kier alpha value is -0.370. The monoisotopic (exact) mass is 580 g/mol. The van der Waals surface area contributed by atoms with E-state index in [2.05, 4.69) is 0 Å². The van der Waals surface area contributed by atoms with Gasteiger partial charge in [-0.1, -0.05) is 57.8 Å². The van der Waals surface area contributed by atoms with E-state index < -0.39 is 59.5 Å². The molecule has 3 aliphatic rings. The van der Waals surface area contributed by atoms with E-state index in [-0.39, 0.29) is 0 Å². The molecule has 0 spiro atoms. The zero-order valence-electron chi connectivity index (χ0n) is 19.8. The van der Waals surface area contributed by atoms with Crippen LogP contribution in [0.15, 0.2) is 0 Å². The predicted molar refractivity (Wildman–Crippen MR) is 119 cm³/mol. The van der Waals surface area contributed by atoms with Gasteiger partial charge in [-0.3, -0.25) is 0 Å². The smallest absolute Gasteiger partial charge is 0.214 e. The molecule has 0 aliphatic heterocycles. The average Bonchev–Trinajstić information content (AvgIpc) is 2.83. The van der Waals surface area contributed by atoms with Crippen molar-refractivity contribution in [1.29, 1.82) is 0 Å². The van der Waals surface area contributed by atoms with Crippen LogP contribution < -0.4 is 0 Å². The van der Waals surface area contributed by atoms with Crippen molar-refractivity contribution in [3.05, 3.63) is 0 Å². The highest BCUT2D eigenvalue weighted by Crippen LogP contribution is 2.71. The highest BCUT2D eigenvalue weighted by molar-refractivity contribution is 8.34. The molecule has 3 fully saturated rings. The van der Waals surface area contributed by atoms with Gasteiger partial charge in [0.2, 0.25) is 0 Å². The summed E-state index contributed by atoms with van der Waals surface area (Å²) in [5.41, 5.74) is 0. The molecule has 0 radical (unpaired) electrons. The van der Waals surface area contributed by atoms with E-state index >= 15 is 0 Å². The molecule has 0 aromatic rings. The van der Waals surface area contributed by atoms with Crippen LogP contribution in [0.3, 0.4) is 0 Å². The molecule has 0 atom stereocenters. The topological polar surface area (TPSA) is 43.4 Å². The summed E-state index contributed by atoms with van der Waals surface area (Å²) in [5, 5.41) is -8.38. The molecule has 214 valence electrons. The summed E-state index contributed by atoms with van der Waals surface area (Å²) >= 11 is 0. The first-order valence-corrected chi connectivity index (χ1v) is 15.6. The van der Waals surface area contributed by atoms with Crippen molar-refractivity contribution in [3.63, 3.8) is 0 Å². The Morgan fingerprint density at radius 2 is 0.806 bits per heavy atom. The van der Waals surface area contributed by atoms with Crippen LogP contribution in [0.5, 0.6) is 0 Å². The molecule has 3 rings (SSSR count). The van der Waals surface area contributed by atoms with Crippen molar-refractivity contribution in [3.8, 4) is 0 Å². The van der Waals surface area contributed by atoms with Crippen LogP contribution in [0, 0.1) is 0 Å². The molecule has 0 N–H and O–H groups in total. The number of hydrogen-bond acceptors (Lipinski definition) is 3. The third kappa shape index (κ3) is 5.12. The fraction of sp³-hybridized carbons (Fsp3) is 1.00. The average molecular weight is 581 g/mol. The summed E-state index contributed by atoms with van der Waals surface area (Å²) in [6.45, 7) is 0. The minimum absolute atomic E-state index is 0.415. The van der Waals surface area contributed by atoms with Gasteiger partial charge in [0.15, 0.2) is 0 Å². The normalized spacial score (nSPS) is 24.1. The van der Waals surface area contributed by atoms with E-state index in [4.69, 9.17) is 3.63 Å². The van der Waals surface area contributed by atoms with Crippen LogP contribution >= 0.6 is 10.3 Å². The number of rotatable bonds is 8. The maximum Gasteiger partial charge on any atom is 0.460 e. The van der Waals surface area contributed by atoms with E-state index in [1.165, 1.54) is 0 Å².